The van der Waals surface area contributed by atoms with Gasteiger partial charge in [-0.1, -0.05) is 13.0 Å². The van der Waals surface area contributed by atoms with E-state index in [2.05, 4.69) is 31.3 Å². The van der Waals surface area contributed by atoms with E-state index in [-0.39, 0.29) is 0 Å². The Balaban J connectivity index is 2.43. The maximum absolute atomic E-state index is 5.18. The largest absolute Gasteiger partial charge is 0.497 e. The van der Waals surface area contributed by atoms with Crippen LogP contribution in [0.3, 0.4) is 0 Å². The molecular weight excluding hydrogens is 206 g/mol. The van der Waals surface area contributed by atoms with Crippen LogP contribution in [-0.2, 0) is 0 Å². The lowest BCUT2D eigenvalue weighted by Crippen LogP contribution is -2.27. The van der Waals surface area contributed by atoms with Crippen molar-refractivity contribution in [2.75, 3.05) is 19.4 Å². The maximum atomic E-state index is 5.18. The highest BCUT2D eigenvalue weighted by Crippen LogP contribution is 2.23. The van der Waals surface area contributed by atoms with Gasteiger partial charge in [0.15, 0.2) is 0 Å². The molecule has 15 heavy (non-hydrogen) atoms. The van der Waals surface area contributed by atoms with Crippen LogP contribution in [0, 0.1) is 0 Å². The van der Waals surface area contributed by atoms with Crippen molar-refractivity contribution in [3.8, 4) is 5.75 Å². The minimum atomic E-state index is 0.547. The molecular formula is C12H19NOS. The average molecular weight is 225 g/mol. The lowest BCUT2D eigenvalue weighted by molar-refractivity contribution is 0.413. The van der Waals surface area contributed by atoms with Gasteiger partial charge in [0, 0.05) is 16.7 Å². The molecule has 1 N–H and O–H groups in total. The molecule has 1 atom stereocenters. The van der Waals surface area contributed by atoms with Gasteiger partial charge < -0.3 is 10.1 Å². The van der Waals surface area contributed by atoms with Gasteiger partial charge in [-0.2, -0.15) is 0 Å². The SMILES string of the molecule is CCNC(C)CSc1cccc(OC)c1. The van der Waals surface area contributed by atoms with Crippen LogP contribution in [0.15, 0.2) is 29.2 Å². The van der Waals surface area contributed by atoms with Crippen molar-refractivity contribution >= 4 is 11.8 Å². The van der Waals surface area contributed by atoms with Crippen molar-refractivity contribution in [3.63, 3.8) is 0 Å². The summed E-state index contributed by atoms with van der Waals surface area (Å²) in [6, 6.07) is 8.73. The number of benzene rings is 1. The van der Waals surface area contributed by atoms with Crippen molar-refractivity contribution in [1.29, 1.82) is 0 Å². The first-order valence-electron chi connectivity index (χ1n) is 5.26. The number of thioether (sulfide) groups is 1. The fourth-order valence-corrected chi connectivity index (χ4v) is 2.25. The van der Waals surface area contributed by atoms with Gasteiger partial charge >= 0.3 is 0 Å². The predicted octanol–water partition coefficient (Wildman–Crippen LogP) is 2.79. The van der Waals surface area contributed by atoms with Gasteiger partial charge in [0.05, 0.1) is 7.11 Å². The second-order valence-corrected chi connectivity index (χ2v) is 4.54. The van der Waals surface area contributed by atoms with E-state index in [9.17, 15) is 0 Å². The zero-order valence-corrected chi connectivity index (χ0v) is 10.4. The Kier molecular flexibility index (Phi) is 5.58. The summed E-state index contributed by atoms with van der Waals surface area (Å²) in [5.41, 5.74) is 0. The van der Waals surface area contributed by atoms with Crippen LogP contribution in [0.2, 0.25) is 0 Å². The van der Waals surface area contributed by atoms with Gasteiger partial charge in [-0.05, 0) is 31.7 Å². The molecule has 0 heterocycles. The molecule has 0 radical (unpaired) electrons. The Bertz CT molecular complexity index is 291. The molecule has 0 aliphatic heterocycles. The zero-order valence-electron chi connectivity index (χ0n) is 9.62. The Hall–Kier alpha value is -0.670. The molecule has 1 aromatic carbocycles. The monoisotopic (exact) mass is 225 g/mol. The normalized spacial score (nSPS) is 12.5. The van der Waals surface area contributed by atoms with E-state index in [1.54, 1.807) is 7.11 Å². The summed E-state index contributed by atoms with van der Waals surface area (Å²) in [7, 11) is 1.70. The highest BCUT2D eigenvalue weighted by atomic mass is 32.2. The van der Waals surface area contributed by atoms with E-state index in [4.69, 9.17) is 4.74 Å². The van der Waals surface area contributed by atoms with Crippen molar-refractivity contribution in [2.45, 2.75) is 24.8 Å². The molecule has 0 fully saturated rings. The van der Waals surface area contributed by atoms with E-state index >= 15 is 0 Å². The highest BCUT2D eigenvalue weighted by Gasteiger charge is 2.01. The lowest BCUT2D eigenvalue weighted by atomic mass is 10.3. The fourth-order valence-electron chi connectivity index (χ4n) is 1.32. The van der Waals surface area contributed by atoms with Crippen LogP contribution in [0.1, 0.15) is 13.8 Å². The molecule has 84 valence electrons. The standard InChI is InChI=1S/C12H19NOS/c1-4-13-10(2)9-15-12-7-5-6-11(8-12)14-3/h5-8,10,13H,4,9H2,1-3H3. The summed E-state index contributed by atoms with van der Waals surface area (Å²) >= 11 is 1.86. The van der Waals surface area contributed by atoms with Crippen molar-refractivity contribution in [2.24, 2.45) is 0 Å². The summed E-state index contributed by atoms with van der Waals surface area (Å²) < 4.78 is 5.18. The van der Waals surface area contributed by atoms with E-state index in [0.29, 0.717) is 6.04 Å². The minimum absolute atomic E-state index is 0.547. The molecule has 0 aliphatic carbocycles. The van der Waals surface area contributed by atoms with Crippen LogP contribution < -0.4 is 10.1 Å². The lowest BCUT2D eigenvalue weighted by Gasteiger charge is -2.11. The van der Waals surface area contributed by atoms with Crippen LogP contribution in [0.5, 0.6) is 5.75 Å². The number of rotatable bonds is 6. The Morgan fingerprint density at radius 1 is 1.47 bits per heavy atom. The maximum Gasteiger partial charge on any atom is 0.119 e. The first-order chi connectivity index (χ1) is 7.26. The minimum Gasteiger partial charge on any atom is -0.497 e. The molecule has 0 bridgehead atoms. The average Bonchev–Trinajstić information content (AvgIpc) is 2.27. The molecule has 0 amide bonds. The van der Waals surface area contributed by atoms with Gasteiger partial charge in [0.1, 0.15) is 5.75 Å². The first kappa shape index (κ1) is 12.4. The van der Waals surface area contributed by atoms with Crippen molar-refractivity contribution < 1.29 is 4.74 Å². The molecule has 0 saturated carbocycles. The molecule has 0 saturated heterocycles. The second kappa shape index (κ2) is 6.75. The third-order valence-corrected chi connectivity index (χ3v) is 3.35. The summed E-state index contributed by atoms with van der Waals surface area (Å²) in [5, 5.41) is 3.39. The van der Waals surface area contributed by atoms with Crippen LogP contribution in [0.4, 0.5) is 0 Å². The molecule has 1 unspecified atom stereocenters. The number of nitrogens with one attached hydrogen (secondary N) is 1. The van der Waals surface area contributed by atoms with Crippen molar-refractivity contribution in [1.82, 2.24) is 5.32 Å². The number of methoxy groups -OCH3 is 1. The smallest absolute Gasteiger partial charge is 0.119 e. The van der Waals surface area contributed by atoms with Gasteiger partial charge in [-0.3, -0.25) is 0 Å². The third kappa shape index (κ3) is 4.58. The van der Waals surface area contributed by atoms with E-state index < -0.39 is 0 Å². The molecule has 0 spiro atoms. The fraction of sp³-hybridized carbons (Fsp3) is 0.500. The summed E-state index contributed by atoms with van der Waals surface area (Å²) in [6.07, 6.45) is 0. The van der Waals surface area contributed by atoms with Crippen LogP contribution >= 0.6 is 11.8 Å². The molecule has 1 rings (SSSR count). The van der Waals surface area contributed by atoms with Gasteiger partial charge in [0.2, 0.25) is 0 Å². The zero-order chi connectivity index (χ0) is 11.1. The van der Waals surface area contributed by atoms with Gasteiger partial charge in [-0.25, -0.2) is 0 Å². The number of hydrogen-bond donors (Lipinski definition) is 1. The third-order valence-electron chi connectivity index (χ3n) is 2.09. The van der Waals surface area contributed by atoms with Crippen LogP contribution in [-0.4, -0.2) is 25.4 Å². The Morgan fingerprint density at radius 2 is 2.27 bits per heavy atom. The van der Waals surface area contributed by atoms with Gasteiger partial charge in [0.25, 0.3) is 0 Å². The van der Waals surface area contributed by atoms with Crippen LogP contribution in [0.25, 0.3) is 0 Å². The Morgan fingerprint density at radius 3 is 2.93 bits per heavy atom. The number of hydrogen-bond acceptors (Lipinski definition) is 3. The summed E-state index contributed by atoms with van der Waals surface area (Å²) in [5.74, 6) is 2.01. The quantitative estimate of drug-likeness (QED) is 0.752. The molecule has 3 heteroatoms. The topological polar surface area (TPSA) is 21.3 Å². The van der Waals surface area contributed by atoms with E-state index in [1.807, 2.05) is 23.9 Å². The van der Waals surface area contributed by atoms with Gasteiger partial charge in [-0.15, -0.1) is 11.8 Å². The molecule has 0 aliphatic rings. The molecule has 2 nitrogen and oxygen atoms in total. The van der Waals surface area contributed by atoms with E-state index in [1.165, 1.54) is 4.90 Å². The predicted molar refractivity (Wildman–Crippen MR) is 66.9 cm³/mol. The summed E-state index contributed by atoms with van der Waals surface area (Å²) in [6.45, 7) is 5.36. The first-order valence-corrected chi connectivity index (χ1v) is 6.25. The molecule has 1 aromatic rings. The highest BCUT2D eigenvalue weighted by molar-refractivity contribution is 7.99. The number of ether oxygens (including phenoxy) is 1. The molecule has 0 aromatic heterocycles. The van der Waals surface area contributed by atoms with Crippen molar-refractivity contribution in [3.05, 3.63) is 24.3 Å². The Labute approximate surface area is 96.4 Å². The summed E-state index contributed by atoms with van der Waals surface area (Å²) in [4.78, 5) is 1.26. The van der Waals surface area contributed by atoms with E-state index in [0.717, 1.165) is 18.0 Å². The second-order valence-electron chi connectivity index (χ2n) is 3.45.